The fourth-order valence-electron chi connectivity index (χ4n) is 4.46. The summed E-state index contributed by atoms with van der Waals surface area (Å²) in [7, 11) is 0. The van der Waals surface area contributed by atoms with Crippen LogP contribution in [0.1, 0.15) is 39.0 Å². The van der Waals surface area contributed by atoms with Gasteiger partial charge in [0.25, 0.3) is 0 Å². The van der Waals surface area contributed by atoms with Crippen LogP contribution in [0.3, 0.4) is 0 Å². The number of nitrogens with two attached hydrogens (primary N) is 1. The second-order valence-corrected chi connectivity index (χ2v) is 8.62. The van der Waals surface area contributed by atoms with Crippen LogP contribution >= 0.6 is 11.8 Å². The molecule has 2 heterocycles. The van der Waals surface area contributed by atoms with Crippen LogP contribution in [0.4, 0.5) is 11.5 Å². The first-order chi connectivity index (χ1) is 12.1. The lowest BCUT2D eigenvalue weighted by atomic mass is 9.71. The molecular formula is C20H26N4S. The molecule has 2 N–H and O–H groups in total. The van der Waals surface area contributed by atoms with Gasteiger partial charge in [0, 0.05) is 23.7 Å². The van der Waals surface area contributed by atoms with Crippen molar-refractivity contribution in [3.63, 3.8) is 0 Å². The number of piperidine rings is 1. The van der Waals surface area contributed by atoms with E-state index in [0.717, 1.165) is 40.4 Å². The highest BCUT2D eigenvalue weighted by Crippen LogP contribution is 2.50. The van der Waals surface area contributed by atoms with Gasteiger partial charge in [0.1, 0.15) is 10.8 Å². The fourth-order valence-corrected chi connectivity index (χ4v) is 5.25. The number of aromatic nitrogens is 2. The molecule has 4 rings (SSSR count). The van der Waals surface area contributed by atoms with Crippen LogP contribution in [-0.2, 0) is 0 Å². The molecule has 0 amide bonds. The standard InChI is InChI=1S/C20H26N4S/c1-15-4-3-7-20(15)8-10-24(11-9-20)18-13-23-19(14-22-18)25-17-6-2-5-16(21)12-17/h2,5-6,12-15H,3-4,7-11,21H2,1H3/t15-/m1/s1. The molecule has 2 aliphatic rings. The number of nitrogen functional groups attached to an aromatic ring is 1. The quantitative estimate of drug-likeness (QED) is 0.815. The van der Waals surface area contributed by atoms with Crippen LogP contribution in [0.15, 0.2) is 46.6 Å². The molecule has 1 spiro atoms. The van der Waals surface area contributed by atoms with Crippen molar-refractivity contribution in [1.82, 2.24) is 9.97 Å². The van der Waals surface area contributed by atoms with Gasteiger partial charge < -0.3 is 10.6 Å². The molecule has 1 saturated heterocycles. The van der Waals surface area contributed by atoms with E-state index in [-0.39, 0.29) is 0 Å². The number of anilines is 2. The second-order valence-electron chi connectivity index (χ2n) is 7.53. The van der Waals surface area contributed by atoms with Crippen LogP contribution in [0, 0.1) is 11.3 Å². The molecule has 0 radical (unpaired) electrons. The third-order valence-corrected chi connectivity index (χ3v) is 7.05. The van der Waals surface area contributed by atoms with E-state index in [0.29, 0.717) is 5.41 Å². The van der Waals surface area contributed by atoms with E-state index in [2.05, 4.69) is 21.8 Å². The summed E-state index contributed by atoms with van der Waals surface area (Å²) in [6, 6.07) is 7.87. The molecular weight excluding hydrogens is 328 g/mol. The normalized spacial score (nSPS) is 22.4. The third-order valence-electron chi connectivity index (χ3n) is 6.14. The van der Waals surface area contributed by atoms with Gasteiger partial charge in [0.05, 0.1) is 12.4 Å². The molecule has 4 nitrogen and oxygen atoms in total. The van der Waals surface area contributed by atoms with Crippen LogP contribution in [0.25, 0.3) is 0 Å². The molecule has 5 heteroatoms. The summed E-state index contributed by atoms with van der Waals surface area (Å²) in [5.74, 6) is 1.90. The molecule has 2 aromatic rings. The van der Waals surface area contributed by atoms with Crippen molar-refractivity contribution in [3.05, 3.63) is 36.7 Å². The van der Waals surface area contributed by atoms with Crippen molar-refractivity contribution in [2.45, 2.75) is 48.9 Å². The average Bonchev–Trinajstić information content (AvgIpc) is 2.97. The highest BCUT2D eigenvalue weighted by atomic mass is 32.2. The lowest BCUT2D eigenvalue weighted by Gasteiger charge is -2.42. The number of hydrogen-bond donors (Lipinski definition) is 1. The van der Waals surface area contributed by atoms with Gasteiger partial charge in [0.2, 0.25) is 0 Å². The molecule has 25 heavy (non-hydrogen) atoms. The first-order valence-electron chi connectivity index (χ1n) is 9.25. The van der Waals surface area contributed by atoms with E-state index in [9.17, 15) is 0 Å². The van der Waals surface area contributed by atoms with E-state index >= 15 is 0 Å². The average molecular weight is 355 g/mol. The molecule has 1 aromatic carbocycles. The summed E-state index contributed by atoms with van der Waals surface area (Å²) < 4.78 is 0. The summed E-state index contributed by atoms with van der Waals surface area (Å²) in [6.07, 6.45) is 10.7. The van der Waals surface area contributed by atoms with Crippen LogP contribution < -0.4 is 10.6 Å². The summed E-state index contributed by atoms with van der Waals surface area (Å²) in [4.78, 5) is 12.8. The Kier molecular flexibility index (Phi) is 4.59. The number of hydrogen-bond acceptors (Lipinski definition) is 5. The summed E-state index contributed by atoms with van der Waals surface area (Å²) in [5, 5.41) is 0.909. The highest BCUT2D eigenvalue weighted by molar-refractivity contribution is 7.99. The fraction of sp³-hybridized carbons (Fsp3) is 0.500. The van der Waals surface area contributed by atoms with E-state index in [1.165, 1.54) is 32.1 Å². The number of benzene rings is 1. The van der Waals surface area contributed by atoms with Crippen LogP contribution in [0.5, 0.6) is 0 Å². The summed E-state index contributed by atoms with van der Waals surface area (Å²) in [6.45, 7) is 4.67. The molecule has 1 saturated carbocycles. The lowest BCUT2D eigenvalue weighted by molar-refractivity contribution is 0.161. The Hall–Kier alpha value is -1.75. The van der Waals surface area contributed by atoms with E-state index < -0.39 is 0 Å². The second kappa shape index (κ2) is 6.87. The van der Waals surface area contributed by atoms with Gasteiger partial charge in [-0.05, 0) is 48.8 Å². The Balaban J connectivity index is 1.39. The van der Waals surface area contributed by atoms with E-state index in [1.54, 1.807) is 11.8 Å². The van der Waals surface area contributed by atoms with Gasteiger partial charge in [-0.2, -0.15) is 0 Å². The topological polar surface area (TPSA) is 55.0 Å². The van der Waals surface area contributed by atoms with Crippen LogP contribution in [0.2, 0.25) is 0 Å². The third kappa shape index (κ3) is 3.47. The molecule has 1 aliphatic heterocycles. The zero-order valence-electron chi connectivity index (χ0n) is 14.8. The smallest absolute Gasteiger partial charge is 0.147 e. The summed E-state index contributed by atoms with van der Waals surface area (Å²) in [5.41, 5.74) is 7.22. The lowest BCUT2D eigenvalue weighted by Crippen LogP contribution is -2.41. The number of nitrogens with zero attached hydrogens (tertiary/aromatic N) is 3. The first-order valence-corrected chi connectivity index (χ1v) is 10.1. The molecule has 2 fully saturated rings. The highest BCUT2D eigenvalue weighted by Gasteiger charge is 2.42. The Morgan fingerprint density at radius 3 is 2.64 bits per heavy atom. The molecule has 1 aromatic heterocycles. The summed E-state index contributed by atoms with van der Waals surface area (Å²) >= 11 is 1.60. The van der Waals surface area contributed by atoms with Gasteiger partial charge in [-0.15, -0.1) is 0 Å². The van der Waals surface area contributed by atoms with Crippen molar-refractivity contribution in [1.29, 1.82) is 0 Å². The Morgan fingerprint density at radius 1 is 1.16 bits per heavy atom. The minimum atomic E-state index is 0.604. The predicted octanol–water partition coefficient (Wildman–Crippen LogP) is 4.62. The largest absolute Gasteiger partial charge is 0.399 e. The minimum Gasteiger partial charge on any atom is -0.399 e. The van der Waals surface area contributed by atoms with Crippen LogP contribution in [-0.4, -0.2) is 23.1 Å². The Morgan fingerprint density at radius 2 is 2.00 bits per heavy atom. The van der Waals surface area contributed by atoms with Crippen molar-refractivity contribution < 1.29 is 0 Å². The molecule has 132 valence electrons. The van der Waals surface area contributed by atoms with E-state index in [1.807, 2.05) is 36.7 Å². The maximum Gasteiger partial charge on any atom is 0.147 e. The monoisotopic (exact) mass is 354 g/mol. The Labute approximate surface area is 154 Å². The van der Waals surface area contributed by atoms with Crippen molar-refractivity contribution in [2.24, 2.45) is 11.3 Å². The molecule has 0 bridgehead atoms. The van der Waals surface area contributed by atoms with Crippen molar-refractivity contribution >= 4 is 23.3 Å². The van der Waals surface area contributed by atoms with Crippen molar-refractivity contribution in [2.75, 3.05) is 23.7 Å². The zero-order chi connectivity index (χ0) is 17.3. The van der Waals surface area contributed by atoms with Crippen molar-refractivity contribution in [3.8, 4) is 0 Å². The first kappa shape index (κ1) is 16.7. The SMILES string of the molecule is C[C@@H]1CCCC12CCN(c1cnc(Sc3cccc(N)c3)cn1)CC2. The van der Waals surface area contributed by atoms with Gasteiger partial charge in [-0.1, -0.05) is 37.6 Å². The van der Waals surface area contributed by atoms with Gasteiger partial charge in [0.15, 0.2) is 0 Å². The maximum atomic E-state index is 5.84. The van der Waals surface area contributed by atoms with Gasteiger partial charge in [-0.3, -0.25) is 0 Å². The Bertz CT molecular complexity index is 723. The predicted molar refractivity (Wildman–Crippen MR) is 104 cm³/mol. The maximum absolute atomic E-state index is 5.84. The number of rotatable bonds is 3. The molecule has 1 aliphatic carbocycles. The molecule has 0 unspecified atom stereocenters. The zero-order valence-corrected chi connectivity index (χ0v) is 15.6. The van der Waals surface area contributed by atoms with Gasteiger partial charge in [-0.25, -0.2) is 9.97 Å². The minimum absolute atomic E-state index is 0.604. The molecule has 1 atom stereocenters. The van der Waals surface area contributed by atoms with Gasteiger partial charge >= 0.3 is 0 Å². The van der Waals surface area contributed by atoms with E-state index in [4.69, 9.17) is 5.73 Å².